The number of amides is 2. The molecular weight excluding hydrogens is 376 g/mol. The van der Waals surface area contributed by atoms with Crippen LogP contribution in [0, 0.1) is 5.92 Å². The van der Waals surface area contributed by atoms with Crippen LogP contribution in [-0.2, 0) is 4.79 Å². The summed E-state index contributed by atoms with van der Waals surface area (Å²) in [6.07, 6.45) is 3.73. The molecule has 1 atom stereocenters. The van der Waals surface area contributed by atoms with Crippen LogP contribution in [0.1, 0.15) is 29.8 Å². The van der Waals surface area contributed by atoms with E-state index in [9.17, 15) is 9.59 Å². The van der Waals surface area contributed by atoms with Gasteiger partial charge in [0.1, 0.15) is 5.17 Å². The molecule has 2 aliphatic rings. The van der Waals surface area contributed by atoms with Gasteiger partial charge in [-0.2, -0.15) is 16.9 Å². The Morgan fingerprint density at radius 2 is 2.31 bits per heavy atom. The highest BCUT2D eigenvalue weighted by atomic mass is 35.5. The summed E-state index contributed by atoms with van der Waals surface area (Å²) in [6, 6.07) is 3.34. The van der Waals surface area contributed by atoms with Crippen molar-refractivity contribution in [3.05, 3.63) is 24.2 Å². The molecule has 3 heterocycles. The summed E-state index contributed by atoms with van der Waals surface area (Å²) in [5, 5.41) is 11.3. The van der Waals surface area contributed by atoms with Crippen molar-refractivity contribution in [1.29, 1.82) is 0 Å². The zero-order valence-corrected chi connectivity index (χ0v) is 15.9. The molecule has 9 heteroatoms. The van der Waals surface area contributed by atoms with E-state index in [0.29, 0.717) is 37.0 Å². The second-order valence-electron chi connectivity index (χ2n) is 6.23. The van der Waals surface area contributed by atoms with E-state index in [1.54, 1.807) is 28.8 Å². The molecule has 1 aromatic heterocycles. The normalized spacial score (nSPS) is 19.9. The number of piperidine rings is 1. The minimum absolute atomic E-state index is 0.00660. The Hall–Kier alpha value is -1.80. The maximum Gasteiger partial charge on any atom is 0.289 e. The standard InChI is InChI=1S/C17H21ClN4O3S/c18-15-9-13(20-21-15)11-26-8-5-19-16(23)12-3-1-6-22(10-12)17(24)14-4-2-7-25-14/h2,4,7,12H,1,3,5-6,8-11H2,(H,19,23). The lowest BCUT2D eigenvalue weighted by Gasteiger charge is -2.31. The first-order chi connectivity index (χ1) is 12.6. The molecule has 26 heavy (non-hydrogen) atoms. The van der Waals surface area contributed by atoms with Crippen molar-refractivity contribution in [3.8, 4) is 0 Å². The fraction of sp³-hybridized carbons (Fsp3) is 0.529. The van der Waals surface area contributed by atoms with Gasteiger partial charge < -0.3 is 14.6 Å². The van der Waals surface area contributed by atoms with Crippen LogP contribution in [0.4, 0.5) is 0 Å². The number of likely N-dealkylation sites (tertiary alicyclic amines) is 1. The quantitative estimate of drug-likeness (QED) is 0.717. The van der Waals surface area contributed by atoms with Gasteiger partial charge in [-0.05, 0) is 25.0 Å². The van der Waals surface area contributed by atoms with Gasteiger partial charge in [-0.1, -0.05) is 11.6 Å². The summed E-state index contributed by atoms with van der Waals surface area (Å²) < 4.78 is 5.16. The molecule has 0 radical (unpaired) electrons. The summed E-state index contributed by atoms with van der Waals surface area (Å²) in [4.78, 5) is 26.4. The molecule has 1 fully saturated rings. The van der Waals surface area contributed by atoms with Gasteiger partial charge in [0.15, 0.2) is 5.76 Å². The number of nitrogens with one attached hydrogen (secondary N) is 1. The smallest absolute Gasteiger partial charge is 0.289 e. The first kappa shape index (κ1) is 19.0. The van der Waals surface area contributed by atoms with E-state index in [2.05, 4.69) is 15.5 Å². The lowest BCUT2D eigenvalue weighted by Crippen LogP contribution is -2.45. The Bertz CT molecular complexity index is 705. The highest BCUT2D eigenvalue weighted by molar-refractivity contribution is 8.00. The number of carbonyl (C=O) groups is 2. The minimum atomic E-state index is -0.168. The van der Waals surface area contributed by atoms with Crippen LogP contribution < -0.4 is 5.32 Å². The maximum absolute atomic E-state index is 12.4. The predicted molar refractivity (Wildman–Crippen MR) is 103 cm³/mol. The van der Waals surface area contributed by atoms with Gasteiger partial charge in [-0.15, -0.1) is 5.10 Å². The van der Waals surface area contributed by atoms with Crippen molar-refractivity contribution < 1.29 is 14.0 Å². The van der Waals surface area contributed by atoms with Crippen LogP contribution in [0.15, 0.2) is 33.0 Å². The molecule has 140 valence electrons. The zero-order valence-electron chi connectivity index (χ0n) is 14.3. The monoisotopic (exact) mass is 396 g/mol. The molecule has 1 aromatic rings. The summed E-state index contributed by atoms with van der Waals surface area (Å²) in [5.41, 5.74) is 0.964. The van der Waals surface area contributed by atoms with E-state index >= 15 is 0 Å². The molecule has 1 N–H and O–H groups in total. The summed E-state index contributed by atoms with van der Waals surface area (Å²) in [7, 11) is 0. The molecule has 0 spiro atoms. The van der Waals surface area contributed by atoms with Crippen LogP contribution in [-0.4, -0.2) is 58.7 Å². The van der Waals surface area contributed by atoms with Crippen LogP contribution >= 0.6 is 23.4 Å². The first-order valence-corrected chi connectivity index (χ1v) is 10.1. The van der Waals surface area contributed by atoms with Crippen LogP contribution in [0.3, 0.4) is 0 Å². The van der Waals surface area contributed by atoms with E-state index in [0.717, 1.165) is 30.1 Å². The third kappa shape index (κ3) is 5.11. The highest BCUT2D eigenvalue weighted by Gasteiger charge is 2.29. The fourth-order valence-corrected chi connectivity index (χ4v) is 3.93. The average molecular weight is 397 g/mol. The van der Waals surface area contributed by atoms with E-state index in [4.69, 9.17) is 16.0 Å². The van der Waals surface area contributed by atoms with Crippen molar-refractivity contribution in [2.24, 2.45) is 16.1 Å². The zero-order chi connectivity index (χ0) is 18.4. The minimum Gasteiger partial charge on any atom is -0.459 e. The number of rotatable bonds is 7. The third-order valence-electron chi connectivity index (χ3n) is 4.28. The number of hydrogen-bond acceptors (Lipinski definition) is 6. The molecular formula is C17H21ClN4O3S. The second kappa shape index (κ2) is 9.23. The van der Waals surface area contributed by atoms with Gasteiger partial charge in [-0.3, -0.25) is 9.59 Å². The van der Waals surface area contributed by atoms with Crippen molar-refractivity contribution in [2.45, 2.75) is 19.3 Å². The number of nitrogens with zero attached hydrogens (tertiary/aromatic N) is 3. The Balaban J connectivity index is 1.35. The van der Waals surface area contributed by atoms with E-state index < -0.39 is 0 Å². The van der Waals surface area contributed by atoms with Gasteiger partial charge in [0.05, 0.1) is 17.9 Å². The lowest BCUT2D eigenvalue weighted by atomic mass is 9.97. The van der Waals surface area contributed by atoms with Crippen molar-refractivity contribution in [1.82, 2.24) is 10.2 Å². The first-order valence-electron chi connectivity index (χ1n) is 8.59. The predicted octanol–water partition coefficient (Wildman–Crippen LogP) is 2.38. The van der Waals surface area contributed by atoms with Crippen molar-refractivity contribution in [2.75, 3.05) is 31.1 Å². The maximum atomic E-state index is 12.4. The number of thioether (sulfide) groups is 1. The Labute approximate surface area is 161 Å². The average Bonchev–Trinajstić information content (AvgIpc) is 3.32. The van der Waals surface area contributed by atoms with Gasteiger partial charge in [0.25, 0.3) is 5.91 Å². The fourth-order valence-electron chi connectivity index (χ4n) is 2.96. The summed E-state index contributed by atoms with van der Waals surface area (Å²) >= 11 is 7.47. The lowest BCUT2D eigenvalue weighted by molar-refractivity contribution is -0.126. The molecule has 1 saturated heterocycles. The third-order valence-corrected chi connectivity index (χ3v) is 5.51. The number of hydrogen-bond donors (Lipinski definition) is 1. The molecule has 3 rings (SSSR count). The van der Waals surface area contributed by atoms with Crippen LogP contribution in [0.25, 0.3) is 0 Å². The topological polar surface area (TPSA) is 87.3 Å². The van der Waals surface area contributed by atoms with Crippen LogP contribution in [0.5, 0.6) is 0 Å². The molecule has 0 aliphatic carbocycles. The molecule has 0 aromatic carbocycles. The largest absolute Gasteiger partial charge is 0.459 e. The number of halogens is 1. The van der Waals surface area contributed by atoms with E-state index in [1.165, 1.54) is 6.26 Å². The molecule has 1 unspecified atom stereocenters. The van der Waals surface area contributed by atoms with E-state index in [1.807, 2.05) is 0 Å². The van der Waals surface area contributed by atoms with Crippen molar-refractivity contribution in [3.63, 3.8) is 0 Å². The summed E-state index contributed by atoms with van der Waals surface area (Å²) in [6.45, 7) is 1.69. The summed E-state index contributed by atoms with van der Waals surface area (Å²) in [5.74, 6) is 1.57. The van der Waals surface area contributed by atoms with Crippen molar-refractivity contribution >= 4 is 46.1 Å². The Kier molecular flexibility index (Phi) is 6.73. The Morgan fingerprint density at radius 1 is 1.42 bits per heavy atom. The van der Waals surface area contributed by atoms with Gasteiger partial charge in [0, 0.05) is 37.6 Å². The molecule has 7 nitrogen and oxygen atoms in total. The molecule has 0 bridgehead atoms. The number of furan rings is 1. The van der Waals surface area contributed by atoms with E-state index in [-0.39, 0.29) is 17.7 Å². The number of carbonyl (C=O) groups excluding carboxylic acids is 2. The second-order valence-corrected chi connectivity index (χ2v) is 7.77. The molecule has 2 aliphatic heterocycles. The Morgan fingerprint density at radius 3 is 3.04 bits per heavy atom. The molecule has 2 amide bonds. The molecule has 0 saturated carbocycles. The SMILES string of the molecule is O=C(NCCSCC1=NN=C(Cl)C1)C1CCCN(C(=O)c2ccco2)C1. The van der Waals surface area contributed by atoms with Gasteiger partial charge in [0.2, 0.25) is 5.91 Å². The van der Waals surface area contributed by atoms with Gasteiger partial charge >= 0.3 is 0 Å². The highest BCUT2D eigenvalue weighted by Crippen LogP contribution is 2.19. The van der Waals surface area contributed by atoms with Crippen LogP contribution in [0.2, 0.25) is 0 Å². The van der Waals surface area contributed by atoms with Gasteiger partial charge in [-0.25, -0.2) is 0 Å².